The largest absolute Gasteiger partial charge is 0.491 e. The Balaban J connectivity index is 2.70. The number of ether oxygens (including phenoxy) is 1. The summed E-state index contributed by atoms with van der Waals surface area (Å²) in [5, 5.41) is 8.61. The molecule has 0 heterocycles. The van der Waals surface area contributed by atoms with E-state index in [1.54, 1.807) is 24.3 Å². The van der Waals surface area contributed by atoms with Gasteiger partial charge < -0.3 is 9.84 Å². The smallest absolute Gasteiger partial charge is 0.150 e. The van der Waals surface area contributed by atoms with E-state index >= 15 is 0 Å². The number of benzene rings is 1. The topological polar surface area (TPSA) is 63.6 Å². The second-order valence-electron chi connectivity index (χ2n) is 3.43. The van der Waals surface area contributed by atoms with Crippen molar-refractivity contribution < 1.29 is 18.3 Å². The molecule has 1 aromatic rings. The maximum Gasteiger partial charge on any atom is 0.150 e. The number of sulfone groups is 1. The summed E-state index contributed by atoms with van der Waals surface area (Å²) in [5.74, 6) is 5.75. The Kier molecular flexibility index (Phi) is 5.01. The average Bonchev–Trinajstić information content (AvgIpc) is 2.26. The minimum Gasteiger partial charge on any atom is -0.491 e. The van der Waals surface area contributed by atoms with Crippen molar-refractivity contribution in [1.29, 1.82) is 0 Å². The molecule has 0 spiro atoms. The normalized spacial score (nSPS) is 10.5. The predicted molar refractivity (Wildman–Crippen MR) is 65.6 cm³/mol. The zero-order valence-electron chi connectivity index (χ0n) is 9.51. The highest BCUT2D eigenvalue weighted by molar-refractivity contribution is 7.90. The molecule has 1 aromatic carbocycles. The highest BCUT2D eigenvalue weighted by atomic mass is 32.2. The maximum absolute atomic E-state index is 10.9. The van der Waals surface area contributed by atoms with Crippen LogP contribution in [0.25, 0.3) is 0 Å². The lowest BCUT2D eigenvalue weighted by atomic mass is 10.2. The molecule has 5 heteroatoms. The first-order chi connectivity index (χ1) is 8.03. The van der Waals surface area contributed by atoms with E-state index in [2.05, 4.69) is 11.8 Å². The van der Waals surface area contributed by atoms with Gasteiger partial charge in [-0.1, -0.05) is 24.0 Å². The van der Waals surface area contributed by atoms with Crippen molar-refractivity contribution in [2.24, 2.45) is 0 Å². The summed E-state index contributed by atoms with van der Waals surface area (Å²) in [7, 11) is -3.03. The van der Waals surface area contributed by atoms with Crippen LogP contribution in [0, 0.1) is 11.8 Å². The highest BCUT2D eigenvalue weighted by Gasteiger charge is 2.04. The van der Waals surface area contributed by atoms with Gasteiger partial charge in [0.1, 0.15) is 19.0 Å². The molecule has 0 bridgehead atoms. The highest BCUT2D eigenvalue weighted by Crippen LogP contribution is 2.16. The van der Waals surface area contributed by atoms with Gasteiger partial charge in [0, 0.05) is 6.26 Å². The maximum atomic E-state index is 10.9. The number of para-hydroxylation sites is 1. The SMILES string of the molecule is CS(=O)(=O)CCOc1ccccc1C#CCO. The Labute approximate surface area is 101 Å². The molecule has 1 rings (SSSR count). The predicted octanol–water partition coefficient (Wildman–Crippen LogP) is 0.454. The lowest BCUT2D eigenvalue weighted by molar-refractivity contribution is 0.340. The van der Waals surface area contributed by atoms with Crippen LogP contribution in [-0.2, 0) is 9.84 Å². The van der Waals surface area contributed by atoms with Crippen LogP contribution in [0.3, 0.4) is 0 Å². The third kappa shape index (κ3) is 5.38. The Morgan fingerprint density at radius 3 is 2.71 bits per heavy atom. The molecule has 0 saturated carbocycles. The summed E-state index contributed by atoms with van der Waals surface area (Å²) in [6.45, 7) is -0.131. The molecule has 0 amide bonds. The minimum absolute atomic E-state index is 0.0330. The molecule has 0 unspecified atom stereocenters. The van der Waals surface area contributed by atoms with Crippen LogP contribution in [0.2, 0.25) is 0 Å². The molecule has 0 radical (unpaired) electrons. The summed E-state index contributed by atoms with van der Waals surface area (Å²) >= 11 is 0. The third-order valence-corrected chi connectivity index (χ3v) is 2.81. The Hall–Kier alpha value is -1.51. The number of aliphatic hydroxyl groups is 1. The molecular weight excluding hydrogens is 240 g/mol. The first kappa shape index (κ1) is 13.6. The quantitative estimate of drug-likeness (QED) is 0.793. The molecule has 0 aliphatic heterocycles. The molecule has 17 heavy (non-hydrogen) atoms. The van der Waals surface area contributed by atoms with Crippen molar-refractivity contribution in [1.82, 2.24) is 0 Å². The summed E-state index contributed by atoms with van der Waals surface area (Å²) in [6.07, 6.45) is 1.16. The van der Waals surface area contributed by atoms with Gasteiger partial charge >= 0.3 is 0 Å². The summed E-state index contributed by atoms with van der Waals surface area (Å²) < 4.78 is 27.2. The first-order valence-corrected chi connectivity index (χ1v) is 7.08. The number of hydrogen-bond acceptors (Lipinski definition) is 4. The van der Waals surface area contributed by atoms with Gasteiger partial charge in [-0.15, -0.1) is 0 Å². The van der Waals surface area contributed by atoms with Gasteiger partial charge in [0.2, 0.25) is 0 Å². The number of hydrogen-bond donors (Lipinski definition) is 1. The van der Waals surface area contributed by atoms with Crippen molar-refractivity contribution in [2.45, 2.75) is 0 Å². The van der Waals surface area contributed by atoms with Gasteiger partial charge in [-0.05, 0) is 12.1 Å². The van der Waals surface area contributed by atoms with E-state index < -0.39 is 9.84 Å². The van der Waals surface area contributed by atoms with E-state index in [1.807, 2.05) is 0 Å². The van der Waals surface area contributed by atoms with Gasteiger partial charge in [-0.2, -0.15) is 0 Å². The van der Waals surface area contributed by atoms with E-state index in [0.717, 1.165) is 6.26 Å². The van der Waals surface area contributed by atoms with Crippen molar-refractivity contribution >= 4 is 9.84 Å². The monoisotopic (exact) mass is 254 g/mol. The van der Waals surface area contributed by atoms with E-state index in [0.29, 0.717) is 11.3 Å². The molecule has 0 aliphatic rings. The second kappa shape index (κ2) is 6.28. The van der Waals surface area contributed by atoms with Crippen LogP contribution >= 0.6 is 0 Å². The summed E-state index contributed by atoms with van der Waals surface area (Å²) in [4.78, 5) is 0. The molecule has 0 atom stereocenters. The van der Waals surface area contributed by atoms with Crippen molar-refractivity contribution in [3.8, 4) is 17.6 Å². The molecule has 0 aromatic heterocycles. The van der Waals surface area contributed by atoms with Gasteiger partial charge in [-0.3, -0.25) is 0 Å². The van der Waals surface area contributed by atoms with Gasteiger partial charge in [-0.25, -0.2) is 8.42 Å². The van der Waals surface area contributed by atoms with E-state index in [9.17, 15) is 8.42 Å². The molecular formula is C12H14O4S. The minimum atomic E-state index is -3.03. The molecule has 4 nitrogen and oxygen atoms in total. The van der Waals surface area contributed by atoms with Crippen molar-refractivity contribution in [3.63, 3.8) is 0 Å². The second-order valence-corrected chi connectivity index (χ2v) is 5.69. The van der Waals surface area contributed by atoms with E-state index in [4.69, 9.17) is 9.84 Å². The van der Waals surface area contributed by atoms with Crippen molar-refractivity contribution in [3.05, 3.63) is 29.8 Å². The van der Waals surface area contributed by atoms with Gasteiger partial charge in [0.15, 0.2) is 9.84 Å². The lowest BCUT2D eigenvalue weighted by Crippen LogP contribution is -2.12. The zero-order chi connectivity index (χ0) is 12.7. The standard InChI is InChI=1S/C12H14O4S/c1-17(14,15)10-9-16-12-7-3-2-5-11(12)6-4-8-13/h2-3,5,7,13H,8-10H2,1H3. The van der Waals surface area contributed by atoms with Crippen molar-refractivity contribution in [2.75, 3.05) is 25.2 Å². The van der Waals surface area contributed by atoms with Crippen LogP contribution in [-0.4, -0.2) is 38.7 Å². The van der Waals surface area contributed by atoms with Crippen LogP contribution in [0.5, 0.6) is 5.75 Å². The average molecular weight is 254 g/mol. The van der Waals surface area contributed by atoms with Gasteiger partial charge in [0.25, 0.3) is 0 Å². The zero-order valence-corrected chi connectivity index (χ0v) is 10.3. The Morgan fingerprint density at radius 2 is 2.06 bits per heavy atom. The summed E-state index contributed by atoms with van der Waals surface area (Å²) in [6, 6.07) is 7.03. The first-order valence-electron chi connectivity index (χ1n) is 5.02. The molecule has 92 valence electrons. The van der Waals surface area contributed by atoms with E-state index in [1.165, 1.54) is 0 Å². The van der Waals surface area contributed by atoms with Crippen LogP contribution in [0.1, 0.15) is 5.56 Å². The third-order valence-electron chi connectivity index (χ3n) is 1.90. The fourth-order valence-electron chi connectivity index (χ4n) is 1.13. The van der Waals surface area contributed by atoms with Crippen LogP contribution < -0.4 is 4.74 Å². The van der Waals surface area contributed by atoms with E-state index in [-0.39, 0.29) is 19.0 Å². The Bertz CT molecular complexity index is 523. The van der Waals surface area contributed by atoms with Crippen LogP contribution in [0.15, 0.2) is 24.3 Å². The summed E-state index contributed by atoms with van der Waals surface area (Å²) in [5.41, 5.74) is 0.634. The Morgan fingerprint density at radius 1 is 1.35 bits per heavy atom. The van der Waals surface area contributed by atoms with Gasteiger partial charge in [0.05, 0.1) is 11.3 Å². The fraction of sp³-hybridized carbons (Fsp3) is 0.333. The molecule has 1 N–H and O–H groups in total. The number of rotatable bonds is 4. The number of aliphatic hydroxyl groups excluding tert-OH is 1. The van der Waals surface area contributed by atoms with Crippen LogP contribution in [0.4, 0.5) is 0 Å². The molecule has 0 aliphatic carbocycles. The molecule has 0 fully saturated rings. The lowest BCUT2D eigenvalue weighted by Gasteiger charge is -2.07. The fourth-order valence-corrected chi connectivity index (χ4v) is 1.52. The molecule has 0 saturated heterocycles.